The molecule has 1 heterocycles. The van der Waals surface area contributed by atoms with Crippen LogP contribution in [0.3, 0.4) is 0 Å². The van der Waals surface area contributed by atoms with Crippen molar-refractivity contribution in [3.63, 3.8) is 0 Å². The first-order valence-corrected chi connectivity index (χ1v) is 7.38. The molecule has 0 atom stereocenters. The van der Waals surface area contributed by atoms with Crippen molar-refractivity contribution in [3.05, 3.63) is 47.1 Å². The number of benzene rings is 1. The van der Waals surface area contributed by atoms with E-state index >= 15 is 0 Å². The number of anilines is 1. The second-order valence-electron chi connectivity index (χ2n) is 4.72. The summed E-state index contributed by atoms with van der Waals surface area (Å²) in [5, 5.41) is 10.5. The Morgan fingerprint density at radius 1 is 1.33 bits per heavy atom. The molecule has 2 amide bonds. The summed E-state index contributed by atoms with van der Waals surface area (Å²) < 4.78 is 1.74. The molecular formula is C15H19ClN4O. The summed E-state index contributed by atoms with van der Waals surface area (Å²) in [7, 11) is 0. The third kappa shape index (κ3) is 4.79. The van der Waals surface area contributed by atoms with Crippen molar-refractivity contribution >= 4 is 23.4 Å². The molecule has 5 nitrogen and oxygen atoms in total. The molecule has 112 valence electrons. The molecule has 2 rings (SSSR count). The number of nitrogens with zero attached hydrogens (tertiary/aromatic N) is 2. The number of amides is 2. The van der Waals surface area contributed by atoms with Gasteiger partial charge in [-0.2, -0.15) is 5.10 Å². The van der Waals surface area contributed by atoms with Crippen LogP contribution in [0.25, 0.3) is 0 Å². The Kier molecular flexibility index (Phi) is 5.63. The third-order valence-electron chi connectivity index (χ3n) is 2.99. The van der Waals surface area contributed by atoms with Crippen LogP contribution in [0.2, 0.25) is 5.02 Å². The number of aromatic nitrogens is 2. The van der Waals surface area contributed by atoms with Crippen molar-refractivity contribution in [3.8, 4) is 0 Å². The number of halogens is 1. The summed E-state index contributed by atoms with van der Waals surface area (Å²) in [6, 6.07) is 9.16. The zero-order valence-corrected chi connectivity index (χ0v) is 12.7. The van der Waals surface area contributed by atoms with E-state index in [0.29, 0.717) is 23.9 Å². The van der Waals surface area contributed by atoms with Gasteiger partial charge in [-0.05, 0) is 18.1 Å². The van der Waals surface area contributed by atoms with Crippen LogP contribution in [-0.4, -0.2) is 22.4 Å². The quantitative estimate of drug-likeness (QED) is 0.802. The molecule has 0 unspecified atom stereocenters. The molecule has 0 bridgehead atoms. The number of carbonyl (C=O) groups is 1. The molecule has 0 spiro atoms. The number of nitrogens with one attached hydrogen (secondary N) is 2. The zero-order chi connectivity index (χ0) is 15.1. The molecule has 0 fully saturated rings. The monoisotopic (exact) mass is 306 g/mol. The zero-order valence-electron chi connectivity index (χ0n) is 12.0. The van der Waals surface area contributed by atoms with Gasteiger partial charge in [-0.25, -0.2) is 4.79 Å². The van der Waals surface area contributed by atoms with E-state index < -0.39 is 0 Å². The van der Waals surface area contributed by atoms with Crippen molar-refractivity contribution < 1.29 is 4.79 Å². The molecule has 21 heavy (non-hydrogen) atoms. The van der Waals surface area contributed by atoms with E-state index in [0.717, 1.165) is 18.4 Å². The van der Waals surface area contributed by atoms with Gasteiger partial charge in [0.2, 0.25) is 0 Å². The van der Waals surface area contributed by atoms with Crippen LogP contribution >= 0.6 is 11.6 Å². The van der Waals surface area contributed by atoms with Gasteiger partial charge in [-0.1, -0.05) is 43.1 Å². The first-order chi connectivity index (χ1) is 10.2. The standard InChI is InChI=1S/C15H19ClN4O/c1-2-3-9-17-15(21)18-14-8-10-20(19-14)11-12-6-4-5-7-13(12)16/h4-8,10H,2-3,9,11H2,1H3,(H2,17,18,19,21). The van der Waals surface area contributed by atoms with Crippen molar-refractivity contribution in [2.75, 3.05) is 11.9 Å². The second-order valence-corrected chi connectivity index (χ2v) is 5.13. The fourth-order valence-electron chi connectivity index (χ4n) is 1.86. The fraction of sp³-hybridized carbons (Fsp3) is 0.333. The SMILES string of the molecule is CCCCNC(=O)Nc1ccn(Cc2ccccc2Cl)n1. The molecule has 0 aliphatic carbocycles. The summed E-state index contributed by atoms with van der Waals surface area (Å²) in [4.78, 5) is 11.6. The van der Waals surface area contributed by atoms with Gasteiger partial charge in [0, 0.05) is 23.8 Å². The van der Waals surface area contributed by atoms with Gasteiger partial charge in [-0.15, -0.1) is 0 Å². The van der Waals surface area contributed by atoms with Gasteiger partial charge in [0.05, 0.1) is 6.54 Å². The van der Waals surface area contributed by atoms with Crippen LogP contribution in [0, 0.1) is 0 Å². The largest absolute Gasteiger partial charge is 0.338 e. The first-order valence-electron chi connectivity index (χ1n) is 7.00. The Morgan fingerprint density at radius 3 is 2.90 bits per heavy atom. The van der Waals surface area contributed by atoms with Crippen LogP contribution in [0.5, 0.6) is 0 Å². The predicted octanol–water partition coefficient (Wildman–Crippen LogP) is 3.51. The number of carbonyl (C=O) groups excluding carboxylic acids is 1. The van der Waals surface area contributed by atoms with E-state index in [2.05, 4.69) is 22.7 Å². The minimum absolute atomic E-state index is 0.230. The van der Waals surface area contributed by atoms with Crippen LogP contribution in [0.4, 0.5) is 10.6 Å². The average Bonchev–Trinajstić information content (AvgIpc) is 2.89. The Balaban J connectivity index is 1.89. The van der Waals surface area contributed by atoms with E-state index in [1.807, 2.05) is 30.5 Å². The molecule has 0 saturated heterocycles. The third-order valence-corrected chi connectivity index (χ3v) is 3.36. The highest BCUT2D eigenvalue weighted by Crippen LogP contribution is 2.16. The maximum absolute atomic E-state index is 11.6. The lowest BCUT2D eigenvalue weighted by molar-refractivity contribution is 0.252. The van der Waals surface area contributed by atoms with Gasteiger partial charge in [-0.3, -0.25) is 10.00 Å². The molecule has 1 aromatic carbocycles. The molecule has 0 aliphatic heterocycles. The van der Waals surface area contributed by atoms with Crippen LogP contribution in [0.1, 0.15) is 25.3 Å². The van der Waals surface area contributed by atoms with Crippen LogP contribution in [0.15, 0.2) is 36.5 Å². The highest BCUT2D eigenvalue weighted by molar-refractivity contribution is 6.31. The van der Waals surface area contributed by atoms with Gasteiger partial charge in [0.1, 0.15) is 0 Å². The van der Waals surface area contributed by atoms with Gasteiger partial charge in [0.25, 0.3) is 0 Å². The van der Waals surface area contributed by atoms with Crippen molar-refractivity contribution in [2.24, 2.45) is 0 Å². The maximum atomic E-state index is 11.6. The lowest BCUT2D eigenvalue weighted by Crippen LogP contribution is -2.29. The van der Waals surface area contributed by atoms with Crippen LogP contribution in [-0.2, 0) is 6.54 Å². The maximum Gasteiger partial charge on any atom is 0.320 e. The summed E-state index contributed by atoms with van der Waals surface area (Å²) in [6.45, 7) is 3.32. The van der Waals surface area contributed by atoms with Crippen molar-refractivity contribution in [2.45, 2.75) is 26.3 Å². The smallest absolute Gasteiger partial charge is 0.320 e. The van der Waals surface area contributed by atoms with E-state index in [1.54, 1.807) is 10.7 Å². The molecule has 6 heteroatoms. The van der Waals surface area contributed by atoms with Gasteiger partial charge in [0.15, 0.2) is 5.82 Å². The number of rotatable bonds is 6. The number of urea groups is 1. The van der Waals surface area contributed by atoms with E-state index in [9.17, 15) is 4.79 Å². The fourth-order valence-corrected chi connectivity index (χ4v) is 2.05. The minimum Gasteiger partial charge on any atom is -0.338 e. The second kappa shape index (κ2) is 7.69. The highest BCUT2D eigenvalue weighted by atomic mass is 35.5. The summed E-state index contributed by atoms with van der Waals surface area (Å²) in [6.07, 6.45) is 3.83. The van der Waals surface area contributed by atoms with E-state index in [1.165, 1.54) is 0 Å². The molecule has 2 aromatic rings. The lowest BCUT2D eigenvalue weighted by Gasteiger charge is -2.05. The Bertz CT molecular complexity index is 597. The van der Waals surface area contributed by atoms with Crippen molar-refractivity contribution in [1.29, 1.82) is 0 Å². The Labute approximate surface area is 129 Å². The summed E-state index contributed by atoms with van der Waals surface area (Å²) >= 11 is 6.12. The van der Waals surface area contributed by atoms with Crippen molar-refractivity contribution in [1.82, 2.24) is 15.1 Å². The average molecular weight is 307 g/mol. The van der Waals surface area contributed by atoms with E-state index in [-0.39, 0.29) is 6.03 Å². The molecule has 1 aromatic heterocycles. The molecule has 0 saturated carbocycles. The Morgan fingerprint density at radius 2 is 2.14 bits per heavy atom. The van der Waals surface area contributed by atoms with Gasteiger partial charge >= 0.3 is 6.03 Å². The first kappa shape index (κ1) is 15.4. The number of hydrogen-bond acceptors (Lipinski definition) is 2. The Hall–Kier alpha value is -2.01. The molecule has 0 radical (unpaired) electrons. The molecule has 2 N–H and O–H groups in total. The summed E-state index contributed by atoms with van der Waals surface area (Å²) in [5.41, 5.74) is 0.987. The predicted molar refractivity (Wildman–Crippen MR) is 84.7 cm³/mol. The van der Waals surface area contributed by atoms with E-state index in [4.69, 9.17) is 11.6 Å². The molecular weight excluding hydrogens is 288 g/mol. The molecule has 0 aliphatic rings. The highest BCUT2D eigenvalue weighted by Gasteiger charge is 2.05. The summed E-state index contributed by atoms with van der Waals surface area (Å²) in [5.74, 6) is 0.524. The minimum atomic E-state index is -0.230. The van der Waals surface area contributed by atoms with Crippen LogP contribution < -0.4 is 10.6 Å². The normalized spacial score (nSPS) is 10.4. The number of unbranched alkanes of at least 4 members (excludes halogenated alkanes) is 1. The topological polar surface area (TPSA) is 59.0 Å². The number of hydrogen-bond donors (Lipinski definition) is 2. The van der Waals surface area contributed by atoms with Gasteiger partial charge < -0.3 is 5.32 Å². The lowest BCUT2D eigenvalue weighted by atomic mass is 10.2.